The van der Waals surface area contributed by atoms with Crippen molar-refractivity contribution in [2.45, 2.75) is 32.7 Å². The number of aromatic carboxylic acids is 1. The summed E-state index contributed by atoms with van der Waals surface area (Å²) in [5, 5.41) is 9.86. The van der Waals surface area contributed by atoms with Crippen LogP contribution < -0.4 is 5.69 Å². The standard InChI is InChI=1S/C29H26N2O5/c1-2-3-14-25-26(19-32)31(27(33)22-12-8-5-9-13-22)29(36)30(25)18-20-15-16-23(24(17-20)28(34)35)21-10-6-4-7-11-21/h4-13,15-17,19H,2-3,14,18H2,1H3,(H,34,35). The molecule has 0 saturated heterocycles. The topological polar surface area (TPSA) is 98.4 Å². The van der Waals surface area contributed by atoms with Crippen LogP contribution in [0, 0.1) is 0 Å². The van der Waals surface area contributed by atoms with Crippen LogP contribution in [0.3, 0.4) is 0 Å². The molecule has 4 aromatic rings. The lowest BCUT2D eigenvalue weighted by Crippen LogP contribution is -2.31. The smallest absolute Gasteiger partial charge is 0.336 e. The molecule has 3 aromatic carbocycles. The van der Waals surface area contributed by atoms with E-state index in [2.05, 4.69) is 0 Å². The number of hydrogen-bond acceptors (Lipinski definition) is 4. The maximum atomic E-state index is 13.5. The van der Waals surface area contributed by atoms with Gasteiger partial charge in [0.25, 0.3) is 5.91 Å². The number of aromatic nitrogens is 2. The van der Waals surface area contributed by atoms with E-state index in [0.717, 1.165) is 23.0 Å². The van der Waals surface area contributed by atoms with Crippen molar-refractivity contribution >= 4 is 18.2 Å². The van der Waals surface area contributed by atoms with Crippen LogP contribution >= 0.6 is 0 Å². The zero-order chi connectivity index (χ0) is 25.7. The first kappa shape index (κ1) is 24.6. The van der Waals surface area contributed by atoms with Gasteiger partial charge in [-0.25, -0.2) is 14.2 Å². The molecule has 0 aliphatic carbocycles. The van der Waals surface area contributed by atoms with Gasteiger partial charge in [-0.1, -0.05) is 74.0 Å². The molecule has 0 spiro atoms. The zero-order valence-corrected chi connectivity index (χ0v) is 19.9. The van der Waals surface area contributed by atoms with E-state index in [-0.39, 0.29) is 17.8 Å². The largest absolute Gasteiger partial charge is 0.478 e. The summed E-state index contributed by atoms with van der Waals surface area (Å²) in [6.07, 6.45) is 2.53. The molecule has 7 heteroatoms. The van der Waals surface area contributed by atoms with Gasteiger partial charge in [-0.15, -0.1) is 0 Å². The van der Waals surface area contributed by atoms with Crippen LogP contribution in [0.1, 0.15) is 62.2 Å². The van der Waals surface area contributed by atoms with Gasteiger partial charge in [0.1, 0.15) is 5.69 Å². The van der Waals surface area contributed by atoms with Gasteiger partial charge in [0.15, 0.2) is 6.29 Å². The Bertz CT molecular complexity index is 1470. The summed E-state index contributed by atoms with van der Waals surface area (Å²) in [5.41, 5.74) is 2.18. The molecule has 0 aliphatic rings. The highest BCUT2D eigenvalue weighted by Crippen LogP contribution is 2.25. The molecule has 0 unspecified atom stereocenters. The second kappa shape index (κ2) is 10.8. The number of carboxylic acids is 1. The predicted molar refractivity (Wildman–Crippen MR) is 137 cm³/mol. The lowest BCUT2D eigenvalue weighted by molar-refractivity contribution is 0.0697. The third-order valence-corrected chi connectivity index (χ3v) is 6.13. The Morgan fingerprint density at radius 1 is 0.944 bits per heavy atom. The van der Waals surface area contributed by atoms with Crippen molar-refractivity contribution in [1.82, 2.24) is 9.13 Å². The molecule has 0 atom stereocenters. The van der Waals surface area contributed by atoms with Crippen LogP contribution in [0.2, 0.25) is 0 Å². The fraction of sp³-hybridized carbons (Fsp3) is 0.172. The molecule has 1 aromatic heterocycles. The van der Waals surface area contributed by atoms with E-state index in [1.165, 1.54) is 10.6 Å². The summed E-state index contributed by atoms with van der Waals surface area (Å²) in [4.78, 5) is 50.9. The van der Waals surface area contributed by atoms with E-state index in [9.17, 15) is 24.3 Å². The summed E-state index contributed by atoms with van der Waals surface area (Å²) in [7, 11) is 0. The molecule has 7 nitrogen and oxygen atoms in total. The monoisotopic (exact) mass is 482 g/mol. The predicted octanol–water partition coefficient (Wildman–Crippen LogP) is 4.91. The number of carbonyl (C=O) groups is 3. The van der Waals surface area contributed by atoms with Crippen molar-refractivity contribution in [3.63, 3.8) is 0 Å². The average Bonchev–Trinajstić information content (AvgIpc) is 3.17. The number of rotatable bonds is 9. The maximum Gasteiger partial charge on any atom is 0.336 e. The zero-order valence-electron chi connectivity index (χ0n) is 19.9. The molecule has 0 radical (unpaired) electrons. The fourth-order valence-corrected chi connectivity index (χ4v) is 4.32. The Morgan fingerprint density at radius 3 is 2.22 bits per heavy atom. The summed E-state index contributed by atoms with van der Waals surface area (Å²) < 4.78 is 2.33. The lowest BCUT2D eigenvalue weighted by atomic mass is 9.97. The highest BCUT2D eigenvalue weighted by molar-refractivity contribution is 5.99. The normalized spacial score (nSPS) is 10.8. The molecule has 0 bridgehead atoms. The van der Waals surface area contributed by atoms with Crippen LogP contribution in [0.15, 0.2) is 83.7 Å². The van der Waals surface area contributed by atoms with Gasteiger partial charge >= 0.3 is 11.7 Å². The molecule has 1 heterocycles. The quantitative estimate of drug-likeness (QED) is 0.342. The molecule has 182 valence electrons. The molecular formula is C29H26N2O5. The van der Waals surface area contributed by atoms with Crippen molar-refractivity contribution < 1.29 is 19.5 Å². The third kappa shape index (κ3) is 4.81. The highest BCUT2D eigenvalue weighted by atomic mass is 16.4. The molecule has 0 amide bonds. The SMILES string of the molecule is CCCCc1c(C=O)n(C(=O)c2ccccc2)c(=O)n1Cc1ccc(-c2ccccc2)c(C(=O)O)c1. The number of aldehydes is 1. The van der Waals surface area contributed by atoms with Gasteiger partial charge in [0, 0.05) is 5.56 Å². The third-order valence-electron chi connectivity index (χ3n) is 6.13. The number of unbranched alkanes of at least 4 members (excludes halogenated alkanes) is 1. The van der Waals surface area contributed by atoms with E-state index < -0.39 is 17.6 Å². The van der Waals surface area contributed by atoms with Gasteiger partial charge in [-0.05, 0) is 47.7 Å². The first-order valence-electron chi connectivity index (χ1n) is 11.8. The number of imidazole rings is 1. The van der Waals surface area contributed by atoms with Crippen LogP contribution in [-0.4, -0.2) is 32.4 Å². The van der Waals surface area contributed by atoms with Crippen molar-refractivity contribution in [2.24, 2.45) is 0 Å². The van der Waals surface area contributed by atoms with E-state index in [1.807, 2.05) is 37.3 Å². The van der Waals surface area contributed by atoms with Gasteiger partial charge < -0.3 is 5.11 Å². The molecule has 0 saturated carbocycles. The Balaban J connectivity index is 1.82. The van der Waals surface area contributed by atoms with Crippen LogP contribution in [0.25, 0.3) is 11.1 Å². The Kier molecular flexibility index (Phi) is 7.39. The van der Waals surface area contributed by atoms with Gasteiger partial charge in [-0.2, -0.15) is 0 Å². The van der Waals surface area contributed by atoms with Crippen molar-refractivity contribution in [1.29, 1.82) is 0 Å². The van der Waals surface area contributed by atoms with E-state index in [4.69, 9.17) is 0 Å². The van der Waals surface area contributed by atoms with Gasteiger partial charge in [0.2, 0.25) is 0 Å². The number of carbonyl (C=O) groups excluding carboxylic acids is 2. The number of nitrogens with zero attached hydrogens (tertiary/aromatic N) is 2. The van der Waals surface area contributed by atoms with E-state index >= 15 is 0 Å². The minimum atomic E-state index is -1.08. The minimum Gasteiger partial charge on any atom is -0.478 e. The second-order valence-corrected chi connectivity index (χ2v) is 8.48. The Morgan fingerprint density at radius 2 is 1.61 bits per heavy atom. The Hall–Kier alpha value is -4.52. The molecule has 1 N–H and O–H groups in total. The summed E-state index contributed by atoms with van der Waals surface area (Å²) >= 11 is 0. The molecule has 0 fully saturated rings. The van der Waals surface area contributed by atoms with Gasteiger partial charge in [-0.3, -0.25) is 14.2 Å². The van der Waals surface area contributed by atoms with Crippen LogP contribution in [0.5, 0.6) is 0 Å². The first-order chi connectivity index (χ1) is 17.5. The molecule has 36 heavy (non-hydrogen) atoms. The summed E-state index contributed by atoms with van der Waals surface area (Å²) in [6, 6.07) is 22.5. The molecule has 4 rings (SSSR count). The summed E-state index contributed by atoms with van der Waals surface area (Å²) in [6.45, 7) is 2.03. The van der Waals surface area contributed by atoms with Crippen molar-refractivity contribution in [3.05, 3.63) is 117 Å². The maximum absolute atomic E-state index is 13.5. The van der Waals surface area contributed by atoms with E-state index in [0.29, 0.717) is 35.1 Å². The highest BCUT2D eigenvalue weighted by Gasteiger charge is 2.25. The lowest BCUT2D eigenvalue weighted by Gasteiger charge is -2.11. The number of hydrogen-bond donors (Lipinski definition) is 1. The fourth-order valence-electron chi connectivity index (χ4n) is 4.32. The molecule has 0 aliphatic heterocycles. The number of carboxylic acid groups (broad SMARTS) is 1. The summed E-state index contributed by atoms with van der Waals surface area (Å²) in [5.74, 6) is -1.66. The van der Waals surface area contributed by atoms with E-state index in [1.54, 1.807) is 42.5 Å². The first-order valence-corrected chi connectivity index (χ1v) is 11.8. The van der Waals surface area contributed by atoms with Crippen LogP contribution in [0.4, 0.5) is 0 Å². The van der Waals surface area contributed by atoms with Gasteiger partial charge in [0.05, 0.1) is 17.8 Å². The molecular weight excluding hydrogens is 456 g/mol. The minimum absolute atomic E-state index is 0.0293. The van der Waals surface area contributed by atoms with Crippen molar-refractivity contribution in [3.8, 4) is 11.1 Å². The van der Waals surface area contributed by atoms with Crippen molar-refractivity contribution in [2.75, 3.05) is 0 Å². The number of benzene rings is 3. The average molecular weight is 483 g/mol. The Labute approximate surface area is 208 Å². The van der Waals surface area contributed by atoms with Crippen LogP contribution in [-0.2, 0) is 13.0 Å². The second-order valence-electron chi connectivity index (χ2n) is 8.48.